The van der Waals surface area contributed by atoms with Crippen LogP contribution in [0, 0.1) is 0 Å². The molecule has 0 aliphatic carbocycles. The number of halogens is 1. The third-order valence-corrected chi connectivity index (χ3v) is 2.44. The van der Waals surface area contributed by atoms with Crippen LogP contribution in [0.5, 0.6) is 11.5 Å². The SMILES string of the molecule is NCCCCc1c(Cl)ccc(O)c1O. The van der Waals surface area contributed by atoms with E-state index in [1.807, 2.05) is 0 Å². The summed E-state index contributed by atoms with van der Waals surface area (Å²) in [6.07, 6.45) is 2.37. The number of hydrogen-bond donors (Lipinski definition) is 3. The van der Waals surface area contributed by atoms with Gasteiger partial charge in [0.05, 0.1) is 0 Å². The van der Waals surface area contributed by atoms with Crippen LogP contribution in [0.15, 0.2) is 12.1 Å². The molecule has 4 heteroatoms. The first-order valence-electron chi connectivity index (χ1n) is 4.56. The van der Waals surface area contributed by atoms with Gasteiger partial charge in [-0.15, -0.1) is 0 Å². The van der Waals surface area contributed by atoms with Crippen LogP contribution in [0.3, 0.4) is 0 Å². The van der Waals surface area contributed by atoms with Crippen molar-refractivity contribution in [3.63, 3.8) is 0 Å². The Balaban J connectivity index is 2.79. The zero-order valence-electron chi connectivity index (χ0n) is 7.83. The molecule has 0 bridgehead atoms. The van der Waals surface area contributed by atoms with Crippen LogP contribution in [0.4, 0.5) is 0 Å². The minimum Gasteiger partial charge on any atom is -0.504 e. The molecule has 1 rings (SSSR count). The average molecular weight is 216 g/mol. The number of hydrogen-bond acceptors (Lipinski definition) is 3. The van der Waals surface area contributed by atoms with Crippen molar-refractivity contribution in [1.82, 2.24) is 0 Å². The molecule has 0 aliphatic rings. The van der Waals surface area contributed by atoms with E-state index >= 15 is 0 Å². The number of nitrogens with two attached hydrogens (primary N) is 1. The highest BCUT2D eigenvalue weighted by Crippen LogP contribution is 2.34. The predicted octanol–water partition coefficient (Wildman–Crippen LogP) is 2.03. The summed E-state index contributed by atoms with van der Waals surface area (Å²) in [6.45, 7) is 0.622. The quantitative estimate of drug-likeness (QED) is 0.532. The van der Waals surface area contributed by atoms with Crippen LogP contribution in [0.25, 0.3) is 0 Å². The lowest BCUT2D eigenvalue weighted by molar-refractivity contribution is 0.399. The normalized spacial score (nSPS) is 10.4. The zero-order valence-corrected chi connectivity index (χ0v) is 8.59. The molecular formula is C10H14ClNO2. The van der Waals surface area contributed by atoms with Gasteiger partial charge < -0.3 is 15.9 Å². The number of phenolic OH excluding ortho intramolecular Hbond substituents is 2. The van der Waals surface area contributed by atoms with Crippen molar-refractivity contribution in [2.45, 2.75) is 19.3 Å². The summed E-state index contributed by atoms with van der Waals surface area (Å²) >= 11 is 5.88. The van der Waals surface area contributed by atoms with Gasteiger partial charge in [-0.2, -0.15) is 0 Å². The first-order valence-corrected chi connectivity index (χ1v) is 4.94. The summed E-state index contributed by atoms with van der Waals surface area (Å²) in [7, 11) is 0. The van der Waals surface area contributed by atoms with Gasteiger partial charge in [0, 0.05) is 10.6 Å². The van der Waals surface area contributed by atoms with E-state index in [2.05, 4.69) is 0 Å². The fourth-order valence-corrected chi connectivity index (χ4v) is 1.53. The first kappa shape index (κ1) is 11.1. The van der Waals surface area contributed by atoms with Crippen LogP contribution in [0.1, 0.15) is 18.4 Å². The lowest BCUT2D eigenvalue weighted by Gasteiger charge is -2.07. The fourth-order valence-electron chi connectivity index (χ4n) is 1.28. The van der Waals surface area contributed by atoms with Gasteiger partial charge in [-0.3, -0.25) is 0 Å². The Kier molecular flexibility index (Phi) is 4.04. The van der Waals surface area contributed by atoms with E-state index in [9.17, 15) is 10.2 Å². The van der Waals surface area contributed by atoms with E-state index in [0.717, 1.165) is 12.8 Å². The molecule has 78 valence electrons. The van der Waals surface area contributed by atoms with E-state index < -0.39 is 0 Å². The van der Waals surface area contributed by atoms with Gasteiger partial charge in [0.15, 0.2) is 11.5 Å². The van der Waals surface area contributed by atoms with Crippen molar-refractivity contribution < 1.29 is 10.2 Å². The van der Waals surface area contributed by atoms with Gasteiger partial charge >= 0.3 is 0 Å². The molecule has 0 radical (unpaired) electrons. The number of phenols is 2. The lowest BCUT2D eigenvalue weighted by atomic mass is 10.1. The Morgan fingerprint density at radius 3 is 2.57 bits per heavy atom. The molecule has 0 heterocycles. The molecule has 0 aromatic heterocycles. The van der Waals surface area contributed by atoms with Crippen LogP contribution in [0.2, 0.25) is 5.02 Å². The first-order chi connectivity index (χ1) is 6.66. The molecule has 0 atom stereocenters. The summed E-state index contributed by atoms with van der Waals surface area (Å²) in [6, 6.07) is 2.96. The second-order valence-electron chi connectivity index (χ2n) is 3.14. The van der Waals surface area contributed by atoms with E-state index in [1.165, 1.54) is 6.07 Å². The van der Waals surface area contributed by atoms with Crippen LogP contribution in [-0.4, -0.2) is 16.8 Å². The smallest absolute Gasteiger partial charge is 0.162 e. The van der Waals surface area contributed by atoms with Crippen molar-refractivity contribution in [1.29, 1.82) is 0 Å². The maximum absolute atomic E-state index is 9.51. The van der Waals surface area contributed by atoms with Gasteiger partial charge in [-0.1, -0.05) is 11.6 Å². The van der Waals surface area contributed by atoms with E-state index in [-0.39, 0.29) is 11.5 Å². The number of rotatable bonds is 4. The molecule has 0 spiro atoms. The van der Waals surface area contributed by atoms with Crippen molar-refractivity contribution in [2.75, 3.05) is 6.54 Å². The standard InChI is InChI=1S/C10H14ClNO2/c11-8-4-5-9(13)10(14)7(8)3-1-2-6-12/h4-5,13-14H,1-3,6,12H2. The van der Waals surface area contributed by atoms with Crippen molar-refractivity contribution in [2.24, 2.45) is 5.73 Å². The van der Waals surface area contributed by atoms with Crippen molar-refractivity contribution in [3.05, 3.63) is 22.7 Å². The monoisotopic (exact) mass is 215 g/mol. The van der Waals surface area contributed by atoms with Gasteiger partial charge in [0.1, 0.15) is 0 Å². The number of unbranched alkanes of at least 4 members (excludes halogenated alkanes) is 1. The summed E-state index contributed by atoms with van der Waals surface area (Å²) in [5.41, 5.74) is 5.95. The molecule has 1 aromatic carbocycles. The summed E-state index contributed by atoms with van der Waals surface area (Å²) in [5.74, 6) is -0.244. The minimum atomic E-state index is -0.128. The van der Waals surface area contributed by atoms with Gasteiger partial charge in [0.25, 0.3) is 0 Å². The second kappa shape index (κ2) is 5.08. The summed E-state index contributed by atoms with van der Waals surface area (Å²) in [4.78, 5) is 0. The molecule has 3 nitrogen and oxygen atoms in total. The van der Waals surface area contributed by atoms with Gasteiger partial charge in [-0.05, 0) is 37.9 Å². The number of aromatic hydroxyl groups is 2. The predicted molar refractivity (Wildman–Crippen MR) is 56.8 cm³/mol. The zero-order chi connectivity index (χ0) is 10.6. The highest BCUT2D eigenvalue weighted by atomic mass is 35.5. The van der Waals surface area contributed by atoms with Crippen molar-refractivity contribution >= 4 is 11.6 Å². The molecule has 0 unspecified atom stereocenters. The molecule has 14 heavy (non-hydrogen) atoms. The molecule has 0 amide bonds. The fraction of sp³-hybridized carbons (Fsp3) is 0.400. The average Bonchev–Trinajstić information content (AvgIpc) is 2.18. The Bertz CT molecular complexity index is 315. The molecule has 1 aromatic rings. The number of benzene rings is 1. The van der Waals surface area contributed by atoms with Crippen LogP contribution in [-0.2, 0) is 6.42 Å². The Labute approximate surface area is 88.1 Å². The summed E-state index contributed by atoms with van der Waals surface area (Å²) in [5, 5.41) is 19.2. The molecule has 0 saturated carbocycles. The summed E-state index contributed by atoms with van der Waals surface area (Å²) < 4.78 is 0. The Hall–Kier alpha value is -0.930. The van der Waals surface area contributed by atoms with E-state index in [1.54, 1.807) is 6.07 Å². The largest absolute Gasteiger partial charge is 0.504 e. The highest BCUT2D eigenvalue weighted by Gasteiger charge is 2.09. The minimum absolute atomic E-state index is 0.116. The maximum Gasteiger partial charge on any atom is 0.162 e. The molecule has 0 aliphatic heterocycles. The van der Waals surface area contributed by atoms with Gasteiger partial charge in [-0.25, -0.2) is 0 Å². The maximum atomic E-state index is 9.51. The molecule has 0 saturated heterocycles. The Morgan fingerprint density at radius 2 is 1.93 bits per heavy atom. The lowest BCUT2D eigenvalue weighted by Crippen LogP contribution is -1.99. The van der Waals surface area contributed by atoms with Gasteiger partial charge in [0.2, 0.25) is 0 Å². The Morgan fingerprint density at radius 1 is 1.21 bits per heavy atom. The highest BCUT2D eigenvalue weighted by molar-refractivity contribution is 6.31. The van der Waals surface area contributed by atoms with Crippen LogP contribution < -0.4 is 5.73 Å². The van der Waals surface area contributed by atoms with Crippen LogP contribution >= 0.6 is 11.6 Å². The topological polar surface area (TPSA) is 66.5 Å². The second-order valence-corrected chi connectivity index (χ2v) is 3.55. The molecule has 4 N–H and O–H groups in total. The van der Waals surface area contributed by atoms with E-state index in [0.29, 0.717) is 23.6 Å². The van der Waals surface area contributed by atoms with E-state index in [4.69, 9.17) is 17.3 Å². The van der Waals surface area contributed by atoms with Crippen molar-refractivity contribution in [3.8, 4) is 11.5 Å². The molecule has 0 fully saturated rings. The third kappa shape index (κ3) is 2.53. The molecular weight excluding hydrogens is 202 g/mol. The third-order valence-electron chi connectivity index (χ3n) is 2.09.